The van der Waals surface area contributed by atoms with Crippen molar-refractivity contribution in [3.05, 3.63) is 85.8 Å². The zero-order chi connectivity index (χ0) is 31.3. The van der Waals surface area contributed by atoms with Gasteiger partial charge in [-0.05, 0) is 89.1 Å². The van der Waals surface area contributed by atoms with Crippen LogP contribution in [0.25, 0.3) is 6.08 Å². The summed E-state index contributed by atoms with van der Waals surface area (Å²) >= 11 is 15.3. The summed E-state index contributed by atoms with van der Waals surface area (Å²) in [6, 6.07) is 12.3. The molecule has 1 aliphatic rings. The van der Waals surface area contributed by atoms with E-state index in [-0.39, 0.29) is 46.6 Å². The van der Waals surface area contributed by atoms with E-state index in [1.807, 2.05) is 0 Å². The molecule has 0 radical (unpaired) electrons. The molecule has 2 N–H and O–H groups in total. The van der Waals surface area contributed by atoms with Crippen molar-refractivity contribution < 1.29 is 38.2 Å². The van der Waals surface area contributed by atoms with Crippen LogP contribution < -0.4 is 25.0 Å². The van der Waals surface area contributed by atoms with Crippen LogP contribution in [0.1, 0.15) is 22.8 Å². The first-order valence-electron chi connectivity index (χ1n) is 12.5. The van der Waals surface area contributed by atoms with Crippen LogP contribution in [0.15, 0.2) is 64.6 Å². The molecule has 222 valence electrons. The SMILES string of the molecule is CCOc1cc(/C=C2/C(=O)NC(=O)N(c3ccc(C(=O)OC)cc3)C2=O)cc(Br)c1OCC(=O)Nc1ccc(Cl)c(Cl)c1. The minimum Gasteiger partial charge on any atom is -0.490 e. The number of urea groups is 1. The van der Waals surface area contributed by atoms with E-state index >= 15 is 0 Å². The molecule has 11 nitrogen and oxygen atoms in total. The van der Waals surface area contributed by atoms with Gasteiger partial charge in [0, 0.05) is 5.69 Å². The Morgan fingerprint density at radius 3 is 2.37 bits per heavy atom. The Hall–Kier alpha value is -4.39. The quantitative estimate of drug-likeness (QED) is 0.167. The fourth-order valence-electron chi connectivity index (χ4n) is 3.91. The van der Waals surface area contributed by atoms with Crippen LogP contribution in [0.2, 0.25) is 10.0 Å². The lowest BCUT2D eigenvalue weighted by molar-refractivity contribution is -0.122. The highest BCUT2D eigenvalue weighted by atomic mass is 79.9. The molecule has 4 rings (SSSR count). The van der Waals surface area contributed by atoms with Gasteiger partial charge in [0.05, 0.1) is 39.5 Å². The number of nitrogens with one attached hydrogen (secondary N) is 2. The summed E-state index contributed by atoms with van der Waals surface area (Å²) in [7, 11) is 1.23. The van der Waals surface area contributed by atoms with Crippen molar-refractivity contribution in [2.75, 3.05) is 30.5 Å². The molecular weight excluding hydrogens is 669 g/mol. The number of anilines is 2. The number of hydrogen-bond donors (Lipinski definition) is 2. The van der Waals surface area contributed by atoms with Gasteiger partial charge in [0.15, 0.2) is 18.1 Å². The van der Waals surface area contributed by atoms with Crippen molar-refractivity contribution in [3.63, 3.8) is 0 Å². The number of halogens is 3. The average Bonchev–Trinajstić information content (AvgIpc) is 2.96. The number of methoxy groups -OCH3 is 1. The van der Waals surface area contributed by atoms with Crippen LogP contribution in [-0.4, -0.2) is 50.0 Å². The topological polar surface area (TPSA) is 140 Å². The van der Waals surface area contributed by atoms with Gasteiger partial charge in [-0.3, -0.25) is 19.7 Å². The molecule has 0 aliphatic carbocycles. The average molecular weight is 691 g/mol. The predicted molar refractivity (Wildman–Crippen MR) is 163 cm³/mol. The number of carbonyl (C=O) groups is 5. The molecule has 0 aromatic heterocycles. The smallest absolute Gasteiger partial charge is 0.337 e. The number of barbiturate groups is 1. The Balaban J connectivity index is 1.57. The molecule has 0 unspecified atom stereocenters. The van der Waals surface area contributed by atoms with Gasteiger partial charge in [-0.1, -0.05) is 23.2 Å². The first-order valence-corrected chi connectivity index (χ1v) is 14.0. The third kappa shape index (κ3) is 7.34. The van der Waals surface area contributed by atoms with Gasteiger partial charge in [-0.15, -0.1) is 0 Å². The molecule has 1 heterocycles. The molecule has 14 heteroatoms. The lowest BCUT2D eigenvalue weighted by atomic mass is 10.1. The second-order valence-corrected chi connectivity index (χ2v) is 10.4. The second-order valence-electron chi connectivity index (χ2n) is 8.73. The van der Waals surface area contributed by atoms with Crippen LogP contribution in [-0.2, 0) is 19.1 Å². The minimum atomic E-state index is -0.947. The second kappa shape index (κ2) is 13.7. The van der Waals surface area contributed by atoms with Gasteiger partial charge in [-0.2, -0.15) is 0 Å². The summed E-state index contributed by atoms with van der Waals surface area (Å²) < 4.78 is 16.4. The summed E-state index contributed by atoms with van der Waals surface area (Å²) in [4.78, 5) is 63.6. The molecule has 1 saturated heterocycles. The van der Waals surface area contributed by atoms with Crippen LogP contribution in [0.4, 0.5) is 16.2 Å². The molecule has 3 aromatic carbocycles. The van der Waals surface area contributed by atoms with Crippen molar-refractivity contribution in [1.82, 2.24) is 5.32 Å². The Morgan fingerprint density at radius 1 is 1.00 bits per heavy atom. The van der Waals surface area contributed by atoms with E-state index in [1.54, 1.807) is 25.1 Å². The largest absolute Gasteiger partial charge is 0.490 e. The van der Waals surface area contributed by atoms with E-state index in [9.17, 15) is 24.0 Å². The highest BCUT2D eigenvalue weighted by Gasteiger charge is 2.37. The molecule has 0 atom stereocenters. The van der Waals surface area contributed by atoms with Gasteiger partial charge in [0.2, 0.25) is 0 Å². The van der Waals surface area contributed by atoms with Gasteiger partial charge >= 0.3 is 12.0 Å². The van der Waals surface area contributed by atoms with E-state index < -0.39 is 29.7 Å². The third-order valence-electron chi connectivity index (χ3n) is 5.84. The maximum Gasteiger partial charge on any atom is 0.337 e. The number of hydrogen-bond acceptors (Lipinski definition) is 8. The summed E-state index contributed by atoms with van der Waals surface area (Å²) in [6.45, 7) is 1.60. The predicted octanol–water partition coefficient (Wildman–Crippen LogP) is 5.63. The standard InChI is InChI=1S/C29H22BrCl2N3O8/c1-3-42-23-12-15(11-20(30)25(23)43-14-24(36)33-17-6-9-21(31)22(32)13-17)10-19-26(37)34-29(40)35(27(19)38)18-7-4-16(5-8-18)28(39)41-2/h4-13H,3,14H2,1-2H3,(H,33,36)(H,34,37,40)/b19-10-. The molecule has 43 heavy (non-hydrogen) atoms. The highest BCUT2D eigenvalue weighted by Crippen LogP contribution is 2.38. The summed E-state index contributed by atoms with van der Waals surface area (Å²) in [5, 5.41) is 5.41. The maximum atomic E-state index is 13.3. The molecule has 3 aromatic rings. The number of carbonyl (C=O) groups excluding carboxylic acids is 5. The third-order valence-corrected chi connectivity index (χ3v) is 7.17. The molecule has 5 amide bonds. The van der Waals surface area contributed by atoms with Crippen LogP contribution in [0.5, 0.6) is 11.5 Å². The van der Waals surface area contributed by atoms with Crippen molar-refractivity contribution in [2.24, 2.45) is 0 Å². The lowest BCUT2D eigenvalue weighted by Crippen LogP contribution is -2.54. The fraction of sp³-hybridized carbons (Fsp3) is 0.138. The molecular formula is C29H22BrCl2N3O8. The molecule has 0 bridgehead atoms. The van der Waals surface area contributed by atoms with Gasteiger partial charge in [0.25, 0.3) is 17.7 Å². The zero-order valence-corrected chi connectivity index (χ0v) is 25.6. The van der Waals surface area contributed by atoms with E-state index in [0.29, 0.717) is 20.7 Å². The molecule has 0 spiro atoms. The highest BCUT2D eigenvalue weighted by molar-refractivity contribution is 9.10. The summed E-state index contributed by atoms with van der Waals surface area (Å²) in [6.07, 6.45) is 1.29. The van der Waals surface area contributed by atoms with Crippen molar-refractivity contribution in [1.29, 1.82) is 0 Å². The number of imide groups is 2. The van der Waals surface area contributed by atoms with Crippen molar-refractivity contribution in [2.45, 2.75) is 6.92 Å². The van der Waals surface area contributed by atoms with Crippen LogP contribution >= 0.6 is 39.1 Å². The summed E-state index contributed by atoms with van der Waals surface area (Å²) in [5.74, 6) is -2.42. The van der Waals surface area contributed by atoms with Gasteiger partial charge in [-0.25, -0.2) is 14.5 Å². The zero-order valence-electron chi connectivity index (χ0n) is 22.5. The summed E-state index contributed by atoms with van der Waals surface area (Å²) in [5.41, 5.74) is 0.798. The fourth-order valence-corrected chi connectivity index (χ4v) is 4.78. The molecule has 0 saturated carbocycles. The number of ether oxygens (including phenoxy) is 3. The lowest BCUT2D eigenvalue weighted by Gasteiger charge is -2.26. The Bertz CT molecular complexity index is 1660. The monoisotopic (exact) mass is 689 g/mol. The Kier molecular flexibility index (Phi) is 10.1. The van der Waals surface area contributed by atoms with Crippen LogP contribution in [0.3, 0.4) is 0 Å². The van der Waals surface area contributed by atoms with E-state index in [4.69, 9.17) is 32.7 Å². The van der Waals surface area contributed by atoms with Crippen molar-refractivity contribution in [3.8, 4) is 11.5 Å². The number of amides is 5. The first-order chi connectivity index (χ1) is 20.5. The van der Waals surface area contributed by atoms with Crippen molar-refractivity contribution >= 4 is 86.3 Å². The van der Waals surface area contributed by atoms with E-state index in [1.165, 1.54) is 49.6 Å². The number of esters is 1. The van der Waals surface area contributed by atoms with E-state index in [0.717, 1.165) is 4.90 Å². The molecule has 1 aliphatic heterocycles. The van der Waals surface area contributed by atoms with Gasteiger partial charge in [0.1, 0.15) is 5.57 Å². The number of rotatable bonds is 9. The minimum absolute atomic E-state index is 0.132. The van der Waals surface area contributed by atoms with Gasteiger partial charge < -0.3 is 19.5 Å². The normalized spacial score (nSPS) is 13.9. The van der Waals surface area contributed by atoms with Crippen LogP contribution in [0, 0.1) is 0 Å². The Morgan fingerprint density at radius 2 is 1.72 bits per heavy atom. The number of benzene rings is 3. The first kappa shape index (κ1) is 31.5. The molecule has 1 fully saturated rings. The number of nitrogens with zero attached hydrogens (tertiary/aromatic N) is 1. The maximum absolute atomic E-state index is 13.3. The van der Waals surface area contributed by atoms with E-state index in [2.05, 4.69) is 31.3 Å². The Labute approximate surface area is 263 Å².